The Morgan fingerprint density at radius 3 is 2.84 bits per heavy atom. The Balaban J connectivity index is 1.81. The fourth-order valence-electron chi connectivity index (χ4n) is 2.25. The molecule has 19 heavy (non-hydrogen) atoms. The Morgan fingerprint density at radius 1 is 1.32 bits per heavy atom. The average molecular weight is 273 g/mol. The monoisotopic (exact) mass is 273 g/mol. The summed E-state index contributed by atoms with van der Waals surface area (Å²) >= 11 is 1.64. The van der Waals surface area contributed by atoms with Crippen LogP contribution in [0.4, 0.5) is 5.13 Å². The number of ketones is 1. The Labute approximate surface area is 116 Å². The number of pyridine rings is 1. The van der Waals surface area contributed by atoms with Gasteiger partial charge in [0.15, 0.2) is 10.9 Å². The summed E-state index contributed by atoms with van der Waals surface area (Å²) in [5.41, 5.74) is 1.89. The van der Waals surface area contributed by atoms with Crippen molar-refractivity contribution in [3.63, 3.8) is 0 Å². The van der Waals surface area contributed by atoms with Crippen LogP contribution in [0.2, 0.25) is 0 Å². The molecule has 0 saturated heterocycles. The van der Waals surface area contributed by atoms with Gasteiger partial charge in [-0.05, 0) is 30.5 Å². The fourth-order valence-corrected chi connectivity index (χ4v) is 3.33. The summed E-state index contributed by atoms with van der Waals surface area (Å²) in [6.45, 7) is 0.781. The van der Waals surface area contributed by atoms with Crippen LogP contribution in [-0.4, -0.2) is 22.8 Å². The highest BCUT2D eigenvalue weighted by Crippen LogP contribution is 2.31. The highest BCUT2D eigenvalue weighted by molar-refractivity contribution is 7.15. The number of Topliss-reactive ketones (excluding diaryl/α,β-unsaturated/α-hetero) is 1. The summed E-state index contributed by atoms with van der Waals surface area (Å²) in [4.78, 5) is 23.6. The van der Waals surface area contributed by atoms with E-state index in [-0.39, 0.29) is 5.78 Å². The van der Waals surface area contributed by atoms with Crippen LogP contribution < -0.4 is 4.90 Å². The zero-order valence-corrected chi connectivity index (χ0v) is 11.6. The number of aromatic nitrogens is 2. The standard InChI is InChI=1S/C14H15N3OS/c1-17(9-10-5-7-15-8-6-10)14-16-13-11(18)3-2-4-12(13)19-14/h5-8H,2-4,9H2,1H3. The molecule has 0 atom stereocenters. The Hall–Kier alpha value is -1.75. The van der Waals surface area contributed by atoms with Crippen LogP contribution in [0.3, 0.4) is 0 Å². The first-order valence-electron chi connectivity index (χ1n) is 6.37. The predicted molar refractivity (Wildman–Crippen MR) is 75.7 cm³/mol. The van der Waals surface area contributed by atoms with Crippen molar-refractivity contribution in [2.45, 2.75) is 25.8 Å². The van der Waals surface area contributed by atoms with Gasteiger partial charge in [-0.1, -0.05) is 0 Å². The van der Waals surface area contributed by atoms with Crippen molar-refractivity contribution in [3.8, 4) is 0 Å². The molecule has 0 aliphatic heterocycles. The third-order valence-corrected chi connectivity index (χ3v) is 4.48. The number of hydrogen-bond acceptors (Lipinski definition) is 5. The molecule has 0 amide bonds. The second-order valence-electron chi connectivity index (χ2n) is 4.76. The van der Waals surface area contributed by atoms with Crippen molar-refractivity contribution in [1.82, 2.24) is 9.97 Å². The van der Waals surface area contributed by atoms with Crippen LogP contribution in [-0.2, 0) is 13.0 Å². The van der Waals surface area contributed by atoms with Gasteiger partial charge in [0, 0.05) is 37.3 Å². The number of nitrogens with zero attached hydrogens (tertiary/aromatic N) is 3. The molecule has 5 heteroatoms. The zero-order chi connectivity index (χ0) is 13.2. The largest absolute Gasteiger partial charge is 0.347 e. The van der Waals surface area contributed by atoms with Gasteiger partial charge in [0.05, 0.1) is 0 Å². The molecule has 0 unspecified atom stereocenters. The summed E-state index contributed by atoms with van der Waals surface area (Å²) in [6.07, 6.45) is 6.17. The maximum Gasteiger partial charge on any atom is 0.186 e. The van der Waals surface area contributed by atoms with E-state index in [1.54, 1.807) is 23.7 Å². The number of carbonyl (C=O) groups is 1. The average Bonchev–Trinajstić information content (AvgIpc) is 2.85. The molecule has 0 N–H and O–H groups in total. The second-order valence-corrected chi connectivity index (χ2v) is 5.82. The van der Waals surface area contributed by atoms with Gasteiger partial charge in [-0.15, -0.1) is 11.3 Å². The first kappa shape index (κ1) is 12.3. The minimum atomic E-state index is 0.195. The van der Waals surface area contributed by atoms with Gasteiger partial charge in [-0.2, -0.15) is 0 Å². The van der Waals surface area contributed by atoms with Crippen LogP contribution in [0.15, 0.2) is 24.5 Å². The number of carbonyl (C=O) groups excluding carboxylic acids is 1. The summed E-state index contributed by atoms with van der Waals surface area (Å²) in [7, 11) is 2.01. The highest BCUT2D eigenvalue weighted by Gasteiger charge is 2.23. The highest BCUT2D eigenvalue weighted by atomic mass is 32.1. The van der Waals surface area contributed by atoms with Crippen molar-refractivity contribution in [3.05, 3.63) is 40.7 Å². The van der Waals surface area contributed by atoms with E-state index in [1.165, 1.54) is 5.56 Å². The van der Waals surface area contributed by atoms with Gasteiger partial charge in [-0.3, -0.25) is 9.78 Å². The van der Waals surface area contributed by atoms with Gasteiger partial charge in [0.2, 0.25) is 0 Å². The molecule has 2 aromatic heterocycles. The topological polar surface area (TPSA) is 46.1 Å². The Morgan fingerprint density at radius 2 is 2.11 bits per heavy atom. The van der Waals surface area contributed by atoms with Gasteiger partial charge in [0.1, 0.15) is 5.69 Å². The molecule has 2 heterocycles. The molecule has 4 nitrogen and oxygen atoms in total. The SMILES string of the molecule is CN(Cc1ccncc1)c1nc2c(s1)CCCC2=O. The first-order chi connectivity index (χ1) is 9.24. The van der Waals surface area contributed by atoms with Gasteiger partial charge >= 0.3 is 0 Å². The van der Waals surface area contributed by atoms with Crippen molar-refractivity contribution >= 4 is 22.3 Å². The van der Waals surface area contributed by atoms with Crippen LogP contribution in [0, 0.1) is 0 Å². The summed E-state index contributed by atoms with van der Waals surface area (Å²) in [6, 6.07) is 3.99. The van der Waals surface area contributed by atoms with E-state index in [0.29, 0.717) is 12.1 Å². The molecule has 3 rings (SSSR count). The molecule has 0 radical (unpaired) electrons. The molecule has 0 aromatic carbocycles. The number of thiazole rings is 1. The van der Waals surface area contributed by atoms with Gasteiger partial charge in [0.25, 0.3) is 0 Å². The minimum absolute atomic E-state index is 0.195. The third kappa shape index (κ3) is 2.51. The first-order valence-corrected chi connectivity index (χ1v) is 7.18. The maximum atomic E-state index is 11.8. The summed E-state index contributed by atoms with van der Waals surface area (Å²) < 4.78 is 0. The van der Waals surface area contributed by atoms with E-state index in [4.69, 9.17) is 0 Å². The van der Waals surface area contributed by atoms with E-state index in [1.807, 2.05) is 19.2 Å². The van der Waals surface area contributed by atoms with Crippen LogP contribution >= 0.6 is 11.3 Å². The molecular formula is C14H15N3OS. The summed E-state index contributed by atoms with van der Waals surface area (Å²) in [5, 5.41) is 0.928. The molecule has 0 saturated carbocycles. The van der Waals surface area contributed by atoms with Gasteiger partial charge < -0.3 is 4.90 Å². The van der Waals surface area contributed by atoms with Crippen molar-refractivity contribution in [1.29, 1.82) is 0 Å². The molecular weight excluding hydrogens is 258 g/mol. The lowest BCUT2D eigenvalue weighted by Crippen LogP contribution is -2.16. The fraction of sp³-hybridized carbons (Fsp3) is 0.357. The van der Waals surface area contributed by atoms with Gasteiger partial charge in [-0.25, -0.2) is 4.98 Å². The van der Waals surface area contributed by atoms with Crippen LogP contribution in [0.5, 0.6) is 0 Å². The van der Waals surface area contributed by atoms with E-state index in [0.717, 1.165) is 29.4 Å². The van der Waals surface area contributed by atoms with E-state index >= 15 is 0 Å². The van der Waals surface area contributed by atoms with Crippen molar-refractivity contribution in [2.24, 2.45) is 0 Å². The van der Waals surface area contributed by atoms with E-state index in [9.17, 15) is 4.79 Å². The third-order valence-electron chi connectivity index (χ3n) is 3.25. The number of hydrogen-bond donors (Lipinski definition) is 0. The number of fused-ring (bicyclic) bond motifs is 1. The minimum Gasteiger partial charge on any atom is -0.347 e. The van der Waals surface area contributed by atoms with Crippen molar-refractivity contribution in [2.75, 3.05) is 11.9 Å². The lowest BCUT2D eigenvalue weighted by atomic mass is 10.0. The number of aryl methyl sites for hydroxylation is 1. The quantitative estimate of drug-likeness (QED) is 0.862. The lowest BCUT2D eigenvalue weighted by molar-refractivity contribution is 0.0968. The summed E-state index contributed by atoms with van der Waals surface area (Å²) in [5.74, 6) is 0.195. The smallest absolute Gasteiger partial charge is 0.186 e. The van der Waals surface area contributed by atoms with E-state index < -0.39 is 0 Å². The molecule has 1 aliphatic rings. The van der Waals surface area contributed by atoms with Crippen LogP contribution in [0.25, 0.3) is 0 Å². The number of rotatable bonds is 3. The molecule has 0 spiro atoms. The normalized spacial score (nSPS) is 14.3. The molecule has 0 bridgehead atoms. The predicted octanol–water partition coefficient (Wildman–Crippen LogP) is 2.69. The molecule has 0 fully saturated rings. The zero-order valence-electron chi connectivity index (χ0n) is 10.8. The second kappa shape index (κ2) is 5.09. The van der Waals surface area contributed by atoms with E-state index in [2.05, 4.69) is 14.9 Å². The van der Waals surface area contributed by atoms with Crippen molar-refractivity contribution < 1.29 is 4.79 Å². The maximum absolute atomic E-state index is 11.8. The Kier molecular flexibility index (Phi) is 3.29. The Bertz CT molecular complexity index is 594. The lowest BCUT2D eigenvalue weighted by Gasteiger charge is -2.15. The molecule has 2 aromatic rings. The molecule has 1 aliphatic carbocycles. The van der Waals surface area contributed by atoms with Crippen LogP contribution in [0.1, 0.15) is 33.8 Å². The number of anilines is 1. The molecule has 98 valence electrons.